The number of anilines is 2. The van der Waals surface area contributed by atoms with Crippen molar-refractivity contribution >= 4 is 23.1 Å². The van der Waals surface area contributed by atoms with Gasteiger partial charge in [0.15, 0.2) is 0 Å². The van der Waals surface area contributed by atoms with E-state index in [1.54, 1.807) is 4.68 Å². The summed E-state index contributed by atoms with van der Waals surface area (Å²) < 4.78 is 1.72. The van der Waals surface area contributed by atoms with Crippen LogP contribution in [0.2, 0.25) is 0 Å². The van der Waals surface area contributed by atoms with Crippen molar-refractivity contribution in [3.63, 3.8) is 0 Å². The number of nitrogens with one attached hydrogen (secondary N) is 2. The van der Waals surface area contributed by atoms with Crippen molar-refractivity contribution in [2.75, 3.05) is 10.6 Å². The molecule has 0 radical (unpaired) electrons. The molecule has 0 bridgehead atoms. The lowest BCUT2D eigenvalue weighted by Crippen LogP contribution is -2.21. The van der Waals surface area contributed by atoms with Gasteiger partial charge in [0.1, 0.15) is 5.82 Å². The Labute approximate surface area is 175 Å². The van der Waals surface area contributed by atoms with Gasteiger partial charge in [-0.05, 0) is 47.9 Å². The summed E-state index contributed by atoms with van der Waals surface area (Å²) in [5.41, 5.74) is 5.28. The van der Waals surface area contributed by atoms with Gasteiger partial charge in [-0.25, -0.2) is 9.48 Å². The Bertz CT molecular complexity index is 1180. The van der Waals surface area contributed by atoms with E-state index in [0.29, 0.717) is 11.5 Å². The maximum absolute atomic E-state index is 12.5. The Morgan fingerprint density at radius 3 is 2.20 bits per heavy atom. The molecule has 2 amide bonds. The summed E-state index contributed by atoms with van der Waals surface area (Å²) in [4.78, 5) is 12.5. The third kappa shape index (κ3) is 4.31. The van der Waals surface area contributed by atoms with Gasteiger partial charge in [0, 0.05) is 11.8 Å². The highest BCUT2D eigenvalue weighted by atomic mass is 16.2. The minimum absolute atomic E-state index is 0.338. The zero-order chi connectivity index (χ0) is 20.9. The topological polar surface area (TPSA) is 59.0 Å². The fraction of sp³-hybridized carbons (Fsp3) is 0.0400. The van der Waals surface area contributed by atoms with Crippen LogP contribution in [0.1, 0.15) is 12.6 Å². The van der Waals surface area contributed by atoms with Crippen molar-refractivity contribution < 1.29 is 4.79 Å². The molecule has 0 saturated carbocycles. The summed E-state index contributed by atoms with van der Waals surface area (Å²) in [6.07, 6.45) is 0. The minimum Gasteiger partial charge on any atom is -0.308 e. The first-order chi connectivity index (χ1) is 14.6. The number of hydrogen-bond acceptors (Lipinski definition) is 2. The molecule has 148 valence electrons. The molecule has 1 heterocycles. The summed E-state index contributed by atoms with van der Waals surface area (Å²) in [5.74, 6) is 0.562. The van der Waals surface area contributed by atoms with Crippen LogP contribution in [0.3, 0.4) is 0 Å². The lowest BCUT2D eigenvalue weighted by Gasteiger charge is -2.11. The second-order valence-electron chi connectivity index (χ2n) is 6.97. The molecular formula is C25H22N4O. The van der Waals surface area contributed by atoms with Crippen LogP contribution in [0.15, 0.2) is 97.6 Å². The Kier molecular flexibility index (Phi) is 5.44. The normalized spacial score (nSPS) is 10.4. The molecule has 3 aromatic carbocycles. The van der Waals surface area contributed by atoms with Crippen LogP contribution >= 0.6 is 0 Å². The van der Waals surface area contributed by atoms with Gasteiger partial charge in [0.2, 0.25) is 0 Å². The van der Waals surface area contributed by atoms with E-state index in [-0.39, 0.29) is 6.03 Å². The molecule has 0 saturated heterocycles. The van der Waals surface area contributed by atoms with E-state index < -0.39 is 0 Å². The minimum atomic E-state index is -0.338. The van der Waals surface area contributed by atoms with Gasteiger partial charge in [-0.2, -0.15) is 5.10 Å². The molecular weight excluding hydrogens is 372 g/mol. The molecule has 2 N–H and O–H groups in total. The van der Waals surface area contributed by atoms with Crippen LogP contribution in [0, 0.1) is 0 Å². The standard InChI is InChI=1S/C25H22N4O/c1-18(2)23-17-24(27-25(30)26-21-13-7-4-8-14-21)29(28-23)22-15-9-12-20(16-22)19-10-5-3-6-11-19/h3-17H,1H2,2H3,(H2,26,27,30). The molecule has 0 aliphatic rings. The molecule has 0 unspecified atom stereocenters. The molecule has 30 heavy (non-hydrogen) atoms. The van der Waals surface area contributed by atoms with E-state index in [0.717, 1.165) is 28.1 Å². The zero-order valence-electron chi connectivity index (χ0n) is 16.7. The highest BCUT2D eigenvalue weighted by Gasteiger charge is 2.14. The van der Waals surface area contributed by atoms with Crippen molar-refractivity contribution in [3.05, 3.63) is 103 Å². The number of rotatable bonds is 5. The van der Waals surface area contributed by atoms with Crippen molar-refractivity contribution in [3.8, 4) is 16.8 Å². The quantitative estimate of drug-likeness (QED) is 0.422. The predicted octanol–water partition coefficient (Wildman–Crippen LogP) is 6.22. The summed E-state index contributed by atoms with van der Waals surface area (Å²) >= 11 is 0. The smallest absolute Gasteiger partial charge is 0.308 e. The average Bonchev–Trinajstić information content (AvgIpc) is 3.19. The van der Waals surface area contributed by atoms with E-state index >= 15 is 0 Å². The second kappa shape index (κ2) is 8.49. The molecule has 0 atom stereocenters. The van der Waals surface area contributed by atoms with E-state index in [1.807, 2.05) is 79.7 Å². The maximum atomic E-state index is 12.5. The lowest BCUT2D eigenvalue weighted by atomic mass is 10.1. The largest absolute Gasteiger partial charge is 0.324 e. The number of hydrogen-bond donors (Lipinski definition) is 2. The zero-order valence-corrected chi connectivity index (χ0v) is 16.7. The third-order valence-corrected chi connectivity index (χ3v) is 4.62. The lowest BCUT2D eigenvalue weighted by molar-refractivity contribution is 0.262. The Hall–Kier alpha value is -4.12. The number of urea groups is 1. The third-order valence-electron chi connectivity index (χ3n) is 4.62. The van der Waals surface area contributed by atoms with Gasteiger partial charge in [-0.1, -0.05) is 67.2 Å². The van der Waals surface area contributed by atoms with E-state index in [4.69, 9.17) is 0 Å². The first-order valence-electron chi connectivity index (χ1n) is 9.65. The number of nitrogens with zero attached hydrogens (tertiary/aromatic N) is 2. The predicted molar refractivity (Wildman–Crippen MR) is 123 cm³/mol. The Morgan fingerprint density at radius 1 is 0.833 bits per heavy atom. The number of carbonyl (C=O) groups is 1. The van der Waals surface area contributed by atoms with Crippen LogP contribution in [0.5, 0.6) is 0 Å². The van der Waals surface area contributed by atoms with Gasteiger partial charge in [0.25, 0.3) is 0 Å². The summed E-state index contributed by atoms with van der Waals surface area (Å²) in [6.45, 7) is 5.87. The van der Waals surface area contributed by atoms with Crippen LogP contribution in [0.25, 0.3) is 22.4 Å². The van der Waals surface area contributed by atoms with Crippen LogP contribution in [0.4, 0.5) is 16.3 Å². The summed E-state index contributed by atoms with van der Waals surface area (Å²) in [5, 5.41) is 10.4. The van der Waals surface area contributed by atoms with Crippen molar-refractivity contribution in [2.24, 2.45) is 0 Å². The van der Waals surface area contributed by atoms with E-state index in [2.05, 4.69) is 40.5 Å². The number of aromatic nitrogens is 2. The number of benzene rings is 3. The van der Waals surface area contributed by atoms with E-state index in [9.17, 15) is 4.79 Å². The SMILES string of the molecule is C=C(C)c1cc(NC(=O)Nc2ccccc2)n(-c2cccc(-c3ccccc3)c2)n1. The van der Waals surface area contributed by atoms with Crippen molar-refractivity contribution in [2.45, 2.75) is 6.92 Å². The van der Waals surface area contributed by atoms with Crippen LogP contribution in [-0.4, -0.2) is 15.8 Å². The molecule has 0 fully saturated rings. The number of para-hydroxylation sites is 1. The van der Waals surface area contributed by atoms with Crippen molar-refractivity contribution in [1.29, 1.82) is 0 Å². The number of amides is 2. The number of carbonyl (C=O) groups excluding carboxylic acids is 1. The van der Waals surface area contributed by atoms with Gasteiger partial charge in [-0.15, -0.1) is 0 Å². The fourth-order valence-electron chi connectivity index (χ4n) is 3.12. The highest BCUT2D eigenvalue weighted by molar-refractivity contribution is 5.99. The molecule has 1 aromatic heterocycles. The molecule has 4 rings (SSSR count). The summed E-state index contributed by atoms with van der Waals surface area (Å²) in [6, 6.07) is 29.0. The molecule has 0 spiro atoms. The highest BCUT2D eigenvalue weighted by Crippen LogP contribution is 2.25. The number of allylic oxidation sites excluding steroid dienone is 1. The van der Waals surface area contributed by atoms with E-state index in [1.165, 1.54) is 0 Å². The fourth-order valence-corrected chi connectivity index (χ4v) is 3.12. The van der Waals surface area contributed by atoms with Crippen LogP contribution in [-0.2, 0) is 0 Å². The Balaban J connectivity index is 1.66. The molecule has 5 nitrogen and oxygen atoms in total. The van der Waals surface area contributed by atoms with Gasteiger partial charge < -0.3 is 5.32 Å². The maximum Gasteiger partial charge on any atom is 0.324 e. The Morgan fingerprint density at radius 2 is 1.50 bits per heavy atom. The summed E-state index contributed by atoms with van der Waals surface area (Å²) in [7, 11) is 0. The average molecular weight is 394 g/mol. The van der Waals surface area contributed by atoms with Gasteiger partial charge in [0.05, 0.1) is 11.4 Å². The first-order valence-corrected chi connectivity index (χ1v) is 9.65. The first kappa shape index (κ1) is 19.2. The van der Waals surface area contributed by atoms with Crippen molar-refractivity contribution in [1.82, 2.24) is 9.78 Å². The molecule has 0 aliphatic carbocycles. The molecule has 5 heteroatoms. The van der Waals surface area contributed by atoms with Gasteiger partial charge in [-0.3, -0.25) is 5.32 Å². The second-order valence-corrected chi connectivity index (χ2v) is 6.97. The molecule has 0 aliphatic heterocycles. The monoisotopic (exact) mass is 394 g/mol. The molecule has 4 aromatic rings. The van der Waals surface area contributed by atoms with Gasteiger partial charge >= 0.3 is 6.03 Å². The van der Waals surface area contributed by atoms with Crippen LogP contribution < -0.4 is 10.6 Å².